The highest BCUT2D eigenvalue weighted by Gasteiger charge is 2.50. The second kappa shape index (κ2) is 12.5. The zero-order chi connectivity index (χ0) is 34.8. The zero-order valence-electron chi connectivity index (χ0n) is 27.0. The molecule has 3 N–H and O–H groups in total. The van der Waals surface area contributed by atoms with Gasteiger partial charge in [-0.2, -0.15) is 5.26 Å². The van der Waals surface area contributed by atoms with Crippen molar-refractivity contribution >= 4 is 57.0 Å². The number of amides is 2. The molecule has 0 radical (unpaired) electrons. The predicted molar refractivity (Wildman–Crippen MR) is 189 cm³/mol. The van der Waals surface area contributed by atoms with E-state index in [0.29, 0.717) is 46.7 Å². The van der Waals surface area contributed by atoms with Gasteiger partial charge in [0.1, 0.15) is 11.2 Å². The van der Waals surface area contributed by atoms with Crippen LogP contribution in [0.4, 0.5) is 9.18 Å². The van der Waals surface area contributed by atoms with Crippen LogP contribution in [0.25, 0.3) is 44.2 Å². The molecule has 254 valence electrons. The summed E-state index contributed by atoms with van der Waals surface area (Å²) in [6.07, 6.45) is 3.35. The first-order chi connectivity index (χ1) is 24.2. The number of nitriles is 1. The van der Waals surface area contributed by atoms with Gasteiger partial charge >= 0.3 is 6.09 Å². The summed E-state index contributed by atoms with van der Waals surface area (Å²) < 4.78 is 19.7. The number of pyridine rings is 2. The smallest absolute Gasteiger partial charge is 0.407 e. The maximum Gasteiger partial charge on any atom is 0.407 e. The summed E-state index contributed by atoms with van der Waals surface area (Å²) in [5, 5.41) is 27.7. The number of carbonyl (C=O) groups excluding carboxylic acids is 1. The first-order valence-corrected chi connectivity index (χ1v) is 17.4. The number of hydrogen-bond acceptors (Lipinski definition) is 6. The number of likely N-dealkylation sites (tertiary alicyclic amines) is 1. The van der Waals surface area contributed by atoms with Crippen molar-refractivity contribution in [2.24, 2.45) is 5.92 Å². The number of aryl methyl sites for hydroxylation is 1. The van der Waals surface area contributed by atoms with E-state index in [4.69, 9.17) is 28.2 Å². The van der Waals surface area contributed by atoms with E-state index in [0.717, 1.165) is 36.0 Å². The van der Waals surface area contributed by atoms with E-state index in [1.165, 1.54) is 11.9 Å². The minimum absolute atomic E-state index is 0.0265. The Morgan fingerprint density at radius 2 is 2.04 bits per heavy atom. The third-order valence-corrected chi connectivity index (χ3v) is 11.4. The fourth-order valence-electron chi connectivity index (χ4n) is 8.27. The average Bonchev–Trinajstić information content (AvgIpc) is 3.93. The molecule has 1 aliphatic carbocycles. The van der Waals surface area contributed by atoms with E-state index in [1.807, 2.05) is 12.1 Å². The van der Waals surface area contributed by atoms with Crippen LogP contribution in [-0.4, -0.2) is 62.7 Å². The molecule has 6 heterocycles. The van der Waals surface area contributed by atoms with Crippen LogP contribution in [0.5, 0.6) is 0 Å². The summed E-state index contributed by atoms with van der Waals surface area (Å²) in [6, 6.07) is 14.3. The van der Waals surface area contributed by atoms with Gasteiger partial charge in [0.2, 0.25) is 0 Å². The normalized spacial score (nSPS) is 21.1. The van der Waals surface area contributed by atoms with Crippen molar-refractivity contribution in [1.82, 2.24) is 30.1 Å². The van der Waals surface area contributed by atoms with E-state index in [2.05, 4.69) is 26.3 Å². The van der Waals surface area contributed by atoms with Crippen LogP contribution in [0.2, 0.25) is 10.0 Å². The van der Waals surface area contributed by atoms with Gasteiger partial charge in [0, 0.05) is 72.0 Å². The molecule has 3 saturated heterocycles. The molecule has 4 fully saturated rings. The molecule has 10 nitrogen and oxygen atoms in total. The highest BCUT2D eigenvalue weighted by atomic mass is 35.5. The molecule has 4 atom stereocenters. The van der Waals surface area contributed by atoms with Gasteiger partial charge in [-0.1, -0.05) is 35.3 Å². The van der Waals surface area contributed by atoms with E-state index >= 15 is 4.39 Å². The first-order valence-electron chi connectivity index (χ1n) is 16.6. The van der Waals surface area contributed by atoms with Crippen LogP contribution < -0.4 is 10.6 Å². The average molecular weight is 713 g/mol. The van der Waals surface area contributed by atoms with Gasteiger partial charge in [0.05, 0.1) is 39.4 Å². The molecule has 1 saturated carbocycles. The van der Waals surface area contributed by atoms with E-state index in [9.17, 15) is 20.0 Å². The number of fused-ring (bicyclic) bond motifs is 4. The van der Waals surface area contributed by atoms with Gasteiger partial charge in [-0.05, 0) is 67.5 Å². The maximum absolute atomic E-state index is 17.4. The van der Waals surface area contributed by atoms with Crippen molar-refractivity contribution in [3.63, 3.8) is 0 Å². The Labute approximate surface area is 296 Å². The molecular formula is C37H32Cl2FN7O3. The summed E-state index contributed by atoms with van der Waals surface area (Å²) in [7, 11) is 1.53. The fourth-order valence-corrected chi connectivity index (χ4v) is 8.66. The summed E-state index contributed by atoms with van der Waals surface area (Å²) in [5.74, 6) is -0.625. The molecule has 50 heavy (non-hydrogen) atoms. The summed E-state index contributed by atoms with van der Waals surface area (Å²) in [6.45, 7) is 1.26. The topological polar surface area (TPSA) is 136 Å². The number of nitrogens with zero attached hydrogens (tertiary/aromatic N) is 5. The van der Waals surface area contributed by atoms with Crippen molar-refractivity contribution in [1.29, 1.82) is 5.26 Å². The number of nitrogens with one attached hydrogen (secondary N) is 2. The SMILES string of the molecule is CNC(=O)c1ccc(-c2nc3c(F)c(-c4cccc(Cl)c4Cl)c(CCC#N)cc3c3c2cc([C@H]2CCCN2C(=O)O)n3[C@H]2[C@H]3CN[C@@H]2C3)cn1. The van der Waals surface area contributed by atoms with Crippen molar-refractivity contribution in [2.45, 2.75) is 50.2 Å². The van der Waals surface area contributed by atoms with Gasteiger partial charge in [0.25, 0.3) is 5.91 Å². The quantitative estimate of drug-likeness (QED) is 0.159. The molecule has 4 aliphatic rings. The van der Waals surface area contributed by atoms with Crippen molar-refractivity contribution in [2.75, 3.05) is 20.1 Å². The van der Waals surface area contributed by atoms with Gasteiger partial charge < -0.3 is 20.3 Å². The third kappa shape index (κ3) is 5.00. The largest absolute Gasteiger partial charge is 0.465 e. The van der Waals surface area contributed by atoms with Gasteiger partial charge in [-0.25, -0.2) is 14.2 Å². The van der Waals surface area contributed by atoms with Crippen LogP contribution in [0.1, 0.15) is 59.5 Å². The second-order valence-corrected chi connectivity index (χ2v) is 14.0. The summed E-state index contributed by atoms with van der Waals surface area (Å²) in [4.78, 5) is 35.7. The highest BCUT2D eigenvalue weighted by molar-refractivity contribution is 6.43. The number of carboxylic acid groups (broad SMARTS) is 1. The monoisotopic (exact) mass is 711 g/mol. The van der Waals surface area contributed by atoms with E-state index < -0.39 is 18.0 Å². The first kappa shape index (κ1) is 32.4. The molecule has 2 amide bonds. The minimum atomic E-state index is -0.982. The Morgan fingerprint density at radius 3 is 2.72 bits per heavy atom. The number of carbonyl (C=O) groups is 2. The van der Waals surface area contributed by atoms with Crippen molar-refractivity contribution in [3.8, 4) is 28.5 Å². The number of benzene rings is 2. The van der Waals surface area contributed by atoms with Crippen LogP contribution in [-0.2, 0) is 6.42 Å². The Hall–Kier alpha value is -4.76. The van der Waals surface area contributed by atoms with Crippen LogP contribution in [0, 0.1) is 23.1 Å². The predicted octanol–water partition coefficient (Wildman–Crippen LogP) is 7.53. The number of hydrogen-bond donors (Lipinski definition) is 3. The zero-order valence-corrected chi connectivity index (χ0v) is 28.5. The van der Waals surface area contributed by atoms with Crippen LogP contribution in [0.3, 0.4) is 0 Å². The lowest BCUT2D eigenvalue weighted by molar-refractivity contribution is 0.0958. The standard InChI is InChI=1S/C37H32Cl2FN7O3/c1-42-36(48)25-10-9-19(16-43-25)32-23-15-28(27-8-4-12-46(27)37(49)50)47(34-20-14-26(34)44-17-20)35(23)22-13-18(5-3-11-41)29(31(40)33(22)45-32)21-6-2-7-24(38)30(21)39/h2,6-7,9-10,13,15-16,20,26-27,34,44H,3-5,8,12,14,17H2,1H3,(H,42,48)(H,49,50)/t20-,26-,27-,34+/m1/s1. The Kier molecular flexibility index (Phi) is 8.13. The molecule has 0 spiro atoms. The molecule has 2 bridgehead atoms. The number of aromatic nitrogens is 3. The molecule has 3 aliphatic heterocycles. The Balaban J connectivity index is 1.49. The van der Waals surface area contributed by atoms with Crippen molar-refractivity contribution < 1.29 is 19.1 Å². The molecule has 9 rings (SSSR count). The lowest BCUT2D eigenvalue weighted by Gasteiger charge is -2.39. The summed E-state index contributed by atoms with van der Waals surface area (Å²) >= 11 is 13.1. The fraction of sp³-hybridized carbons (Fsp3) is 0.324. The van der Waals surface area contributed by atoms with Crippen LogP contribution in [0.15, 0.2) is 48.7 Å². The van der Waals surface area contributed by atoms with Crippen LogP contribution >= 0.6 is 23.2 Å². The molecular weight excluding hydrogens is 680 g/mol. The third-order valence-electron chi connectivity index (χ3n) is 10.6. The maximum atomic E-state index is 17.4. The van der Waals surface area contributed by atoms with E-state index in [1.54, 1.807) is 36.5 Å². The molecule has 2 aromatic carbocycles. The molecule has 0 unspecified atom stereocenters. The van der Waals surface area contributed by atoms with Crippen molar-refractivity contribution in [3.05, 3.63) is 81.5 Å². The second-order valence-electron chi connectivity index (χ2n) is 13.2. The Morgan fingerprint density at radius 1 is 1.20 bits per heavy atom. The Bertz CT molecular complexity index is 2250. The lowest BCUT2D eigenvalue weighted by atomic mass is 9.79. The molecule has 13 heteroatoms. The molecule has 3 aromatic heterocycles. The van der Waals surface area contributed by atoms with E-state index in [-0.39, 0.29) is 57.7 Å². The van der Waals surface area contributed by atoms with Gasteiger partial charge in [-0.15, -0.1) is 0 Å². The molecule has 5 aromatic rings. The highest BCUT2D eigenvalue weighted by Crippen LogP contribution is 2.51. The minimum Gasteiger partial charge on any atom is -0.465 e. The number of halogens is 3. The van der Waals surface area contributed by atoms with Gasteiger partial charge in [-0.3, -0.25) is 14.7 Å². The number of rotatable bonds is 7. The van der Waals surface area contributed by atoms with Gasteiger partial charge in [0.15, 0.2) is 5.82 Å². The summed E-state index contributed by atoms with van der Waals surface area (Å²) in [5.41, 5.74) is 4.14. The lowest BCUT2D eigenvalue weighted by Crippen LogP contribution is -2.40.